The van der Waals surface area contributed by atoms with Crippen LogP contribution in [0.25, 0.3) is 0 Å². The minimum Gasteiger partial charge on any atom is -0.357 e. The lowest BCUT2D eigenvalue weighted by molar-refractivity contribution is -0.128. The van der Waals surface area contributed by atoms with E-state index in [4.69, 9.17) is 11.6 Å². The first-order chi connectivity index (χ1) is 12.5. The zero-order chi connectivity index (χ0) is 18.9. The number of halogens is 2. The van der Waals surface area contributed by atoms with E-state index in [0.29, 0.717) is 12.5 Å². The number of nitrogens with zero attached hydrogens (tertiary/aromatic N) is 3. The van der Waals surface area contributed by atoms with Gasteiger partial charge in [0.25, 0.3) is 0 Å². The summed E-state index contributed by atoms with van der Waals surface area (Å²) in [6.45, 7) is 5.34. The van der Waals surface area contributed by atoms with E-state index in [-0.39, 0.29) is 42.5 Å². The van der Waals surface area contributed by atoms with Crippen LogP contribution in [0.2, 0.25) is 5.02 Å². The van der Waals surface area contributed by atoms with Gasteiger partial charge in [-0.1, -0.05) is 23.7 Å². The third-order valence-electron chi connectivity index (χ3n) is 4.52. The van der Waals surface area contributed by atoms with Gasteiger partial charge >= 0.3 is 0 Å². The summed E-state index contributed by atoms with van der Waals surface area (Å²) in [5.41, 5.74) is 1.18. The van der Waals surface area contributed by atoms with Crippen LogP contribution < -0.4 is 10.6 Å². The number of aliphatic imine (C=N–C) groups is 1. The maximum Gasteiger partial charge on any atom is 0.244 e. The Labute approximate surface area is 184 Å². The normalized spacial score (nSPS) is 15.4. The van der Waals surface area contributed by atoms with E-state index >= 15 is 0 Å². The molecule has 1 saturated heterocycles. The van der Waals surface area contributed by atoms with Crippen LogP contribution in [-0.4, -0.2) is 68.5 Å². The molecular formula is C19H31ClIN5O. The van der Waals surface area contributed by atoms with Gasteiger partial charge in [-0.05, 0) is 51.6 Å². The highest BCUT2D eigenvalue weighted by molar-refractivity contribution is 14.0. The van der Waals surface area contributed by atoms with Gasteiger partial charge in [0.05, 0.1) is 6.04 Å². The average molecular weight is 508 g/mol. The van der Waals surface area contributed by atoms with E-state index in [9.17, 15) is 4.79 Å². The monoisotopic (exact) mass is 507 g/mol. The molecule has 1 aliphatic heterocycles. The highest BCUT2D eigenvalue weighted by atomic mass is 127. The molecule has 0 spiro atoms. The third-order valence-corrected chi connectivity index (χ3v) is 4.77. The van der Waals surface area contributed by atoms with Crippen LogP contribution in [0.15, 0.2) is 29.3 Å². The molecule has 1 unspecified atom stereocenters. The molecule has 0 aromatic heterocycles. The first kappa shape index (κ1) is 24.0. The minimum absolute atomic E-state index is 0. The summed E-state index contributed by atoms with van der Waals surface area (Å²) in [4.78, 5) is 20.7. The Morgan fingerprint density at radius 2 is 1.85 bits per heavy atom. The summed E-state index contributed by atoms with van der Waals surface area (Å²) in [6, 6.07) is 8.05. The van der Waals surface area contributed by atoms with Crippen LogP contribution in [0.3, 0.4) is 0 Å². The zero-order valence-electron chi connectivity index (χ0n) is 16.4. The molecule has 1 aromatic carbocycles. The molecule has 1 aliphatic rings. The van der Waals surface area contributed by atoms with Gasteiger partial charge in [-0.2, -0.15) is 0 Å². The van der Waals surface area contributed by atoms with Crippen molar-refractivity contribution in [2.75, 3.05) is 46.8 Å². The number of benzene rings is 1. The standard InChI is InChI=1S/C19H30ClN5O.HI/c1-4-21-19(23-14-18(26)25-11-5-6-12-25)22-13-17(24(2)3)15-7-9-16(20)10-8-15;/h7-10,17H,4-6,11-14H2,1-3H3,(H2,21,22,23);1H. The summed E-state index contributed by atoms with van der Waals surface area (Å²) in [5.74, 6) is 0.766. The molecule has 0 aliphatic carbocycles. The third kappa shape index (κ3) is 7.83. The van der Waals surface area contributed by atoms with Crippen molar-refractivity contribution in [2.24, 2.45) is 4.99 Å². The maximum atomic E-state index is 12.2. The Bertz CT molecular complexity index is 603. The highest BCUT2D eigenvalue weighted by Crippen LogP contribution is 2.19. The Balaban J connectivity index is 0.00000364. The molecule has 1 heterocycles. The average Bonchev–Trinajstić information content (AvgIpc) is 3.15. The predicted molar refractivity (Wildman–Crippen MR) is 123 cm³/mol. The van der Waals surface area contributed by atoms with Gasteiger partial charge in [-0.25, -0.2) is 4.99 Å². The second-order valence-electron chi connectivity index (χ2n) is 6.69. The molecule has 152 valence electrons. The molecule has 1 fully saturated rings. The lowest BCUT2D eigenvalue weighted by Crippen LogP contribution is -2.42. The van der Waals surface area contributed by atoms with Crippen molar-refractivity contribution in [1.82, 2.24) is 20.4 Å². The number of nitrogens with one attached hydrogen (secondary N) is 2. The summed E-state index contributed by atoms with van der Waals surface area (Å²) in [7, 11) is 4.09. The molecule has 0 saturated carbocycles. The Hall–Kier alpha value is -1.06. The van der Waals surface area contributed by atoms with Crippen molar-refractivity contribution < 1.29 is 4.79 Å². The lowest BCUT2D eigenvalue weighted by atomic mass is 10.1. The first-order valence-corrected chi connectivity index (χ1v) is 9.61. The van der Waals surface area contributed by atoms with Crippen molar-refractivity contribution in [3.05, 3.63) is 34.9 Å². The second-order valence-corrected chi connectivity index (χ2v) is 7.13. The molecule has 2 rings (SSSR count). The van der Waals surface area contributed by atoms with E-state index in [2.05, 4.69) is 20.5 Å². The van der Waals surface area contributed by atoms with Crippen molar-refractivity contribution in [3.63, 3.8) is 0 Å². The number of likely N-dealkylation sites (tertiary alicyclic amines) is 1. The molecule has 0 bridgehead atoms. The van der Waals surface area contributed by atoms with Gasteiger partial charge in [0.1, 0.15) is 6.54 Å². The minimum atomic E-state index is 0. The van der Waals surface area contributed by atoms with Crippen LogP contribution in [0.4, 0.5) is 0 Å². The van der Waals surface area contributed by atoms with Crippen molar-refractivity contribution >= 4 is 47.4 Å². The van der Waals surface area contributed by atoms with E-state index in [1.807, 2.05) is 50.2 Å². The molecule has 1 atom stereocenters. The van der Waals surface area contributed by atoms with Gasteiger partial charge < -0.3 is 20.4 Å². The Morgan fingerprint density at radius 3 is 2.41 bits per heavy atom. The van der Waals surface area contributed by atoms with Gasteiger partial charge in [0, 0.05) is 31.2 Å². The largest absolute Gasteiger partial charge is 0.357 e. The second kappa shape index (κ2) is 12.4. The number of hydrogen-bond donors (Lipinski definition) is 2. The van der Waals surface area contributed by atoms with Crippen LogP contribution in [0, 0.1) is 0 Å². The van der Waals surface area contributed by atoms with Gasteiger partial charge in [0.15, 0.2) is 5.96 Å². The van der Waals surface area contributed by atoms with E-state index in [1.54, 1.807) is 0 Å². The van der Waals surface area contributed by atoms with Crippen molar-refractivity contribution in [2.45, 2.75) is 25.8 Å². The highest BCUT2D eigenvalue weighted by Gasteiger charge is 2.18. The summed E-state index contributed by atoms with van der Waals surface area (Å²) in [5, 5.41) is 7.30. The summed E-state index contributed by atoms with van der Waals surface area (Å²) < 4.78 is 0. The zero-order valence-corrected chi connectivity index (χ0v) is 19.5. The van der Waals surface area contributed by atoms with E-state index in [1.165, 1.54) is 5.56 Å². The van der Waals surface area contributed by atoms with E-state index in [0.717, 1.165) is 37.5 Å². The number of carbonyl (C=O) groups excluding carboxylic acids is 1. The Morgan fingerprint density at radius 1 is 1.22 bits per heavy atom. The number of guanidine groups is 1. The number of carbonyl (C=O) groups is 1. The lowest BCUT2D eigenvalue weighted by Gasteiger charge is -2.26. The van der Waals surface area contributed by atoms with Gasteiger partial charge in [0.2, 0.25) is 5.91 Å². The first-order valence-electron chi connectivity index (χ1n) is 9.23. The molecular weight excluding hydrogens is 477 g/mol. The van der Waals surface area contributed by atoms with Gasteiger partial charge in [-0.3, -0.25) is 4.79 Å². The Kier molecular flexibility index (Phi) is 11.0. The molecule has 8 heteroatoms. The quantitative estimate of drug-likeness (QED) is 0.339. The molecule has 0 radical (unpaired) electrons. The number of amides is 1. The summed E-state index contributed by atoms with van der Waals surface area (Å²) in [6.07, 6.45) is 2.19. The molecule has 1 aromatic rings. The summed E-state index contributed by atoms with van der Waals surface area (Å²) >= 11 is 6.00. The molecule has 2 N–H and O–H groups in total. The van der Waals surface area contributed by atoms with Crippen molar-refractivity contribution in [1.29, 1.82) is 0 Å². The molecule has 27 heavy (non-hydrogen) atoms. The molecule has 1 amide bonds. The van der Waals surface area contributed by atoms with Crippen LogP contribution in [0.1, 0.15) is 31.4 Å². The fourth-order valence-electron chi connectivity index (χ4n) is 3.03. The number of rotatable bonds is 7. The fourth-order valence-corrected chi connectivity index (χ4v) is 3.16. The van der Waals surface area contributed by atoms with Crippen LogP contribution in [-0.2, 0) is 4.79 Å². The van der Waals surface area contributed by atoms with Crippen LogP contribution in [0.5, 0.6) is 0 Å². The fraction of sp³-hybridized carbons (Fsp3) is 0.579. The van der Waals surface area contributed by atoms with Gasteiger partial charge in [-0.15, -0.1) is 24.0 Å². The smallest absolute Gasteiger partial charge is 0.244 e. The molecule has 6 nitrogen and oxygen atoms in total. The number of likely N-dealkylation sites (N-methyl/N-ethyl adjacent to an activating group) is 1. The van der Waals surface area contributed by atoms with Crippen LogP contribution >= 0.6 is 35.6 Å². The number of hydrogen-bond acceptors (Lipinski definition) is 3. The van der Waals surface area contributed by atoms with Crippen molar-refractivity contribution in [3.8, 4) is 0 Å². The van der Waals surface area contributed by atoms with E-state index < -0.39 is 0 Å². The maximum absolute atomic E-state index is 12.2. The predicted octanol–water partition coefficient (Wildman–Crippen LogP) is 2.74. The topological polar surface area (TPSA) is 60.0 Å². The SMILES string of the molecule is CCNC(=NCC(=O)N1CCCC1)NCC(c1ccc(Cl)cc1)N(C)C.I.